The molecule has 0 radical (unpaired) electrons. The maximum Gasteiger partial charge on any atom is 0.167 e. The van der Waals surface area contributed by atoms with Crippen LogP contribution in [0.2, 0.25) is 0 Å². The molecule has 3 aromatic heterocycles. The Kier molecular flexibility index (Phi) is 2.77. The number of aromatic nitrogens is 3. The maximum atomic E-state index is 4.26. The van der Waals surface area contributed by atoms with E-state index in [2.05, 4.69) is 30.9 Å². The molecule has 0 bridgehead atoms. The Hall–Kier alpha value is -2.21. The zero-order valence-corrected chi connectivity index (χ0v) is 10.5. The Labute approximate surface area is 108 Å². The molecule has 90 valence electrons. The number of anilines is 1. The molecule has 0 aliphatic carbocycles. The first kappa shape index (κ1) is 10.9. The largest absolute Gasteiger partial charge is 0.360 e. The number of aromatic amines is 1. The van der Waals surface area contributed by atoms with Crippen molar-refractivity contribution in [3.63, 3.8) is 0 Å². The summed E-state index contributed by atoms with van der Waals surface area (Å²) in [7, 11) is 0. The number of nitrogens with zero attached hydrogens (tertiary/aromatic N) is 3. The van der Waals surface area contributed by atoms with Crippen LogP contribution in [0, 0.1) is 6.92 Å². The third kappa shape index (κ3) is 1.98. The van der Waals surface area contributed by atoms with Crippen LogP contribution >= 0.6 is 11.3 Å². The highest BCUT2D eigenvalue weighted by Crippen LogP contribution is 2.28. The van der Waals surface area contributed by atoms with E-state index in [0.717, 1.165) is 27.3 Å². The summed E-state index contributed by atoms with van der Waals surface area (Å²) in [6.07, 6.45) is 5.12. The first-order valence-electron chi connectivity index (χ1n) is 5.46. The smallest absolute Gasteiger partial charge is 0.167 e. The molecule has 3 rings (SSSR count). The number of rotatable bonds is 3. The van der Waals surface area contributed by atoms with Crippen molar-refractivity contribution in [3.8, 4) is 0 Å². The minimum absolute atomic E-state index is 0.737. The van der Waals surface area contributed by atoms with E-state index in [1.54, 1.807) is 23.9 Å². The Morgan fingerprint density at radius 1 is 1.44 bits per heavy atom. The maximum absolute atomic E-state index is 4.26. The van der Waals surface area contributed by atoms with Crippen molar-refractivity contribution in [1.29, 1.82) is 0 Å². The average Bonchev–Trinajstić information content (AvgIpc) is 3.01. The van der Waals surface area contributed by atoms with Crippen molar-refractivity contribution in [2.75, 3.05) is 5.43 Å². The van der Waals surface area contributed by atoms with Gasteiger partial charge in [-0.25, -0.2) is 9.97 Å². The number of hydrazone groups is 1. The zero-order chi connectivity index (χ0) is 12.4. The minimum atomic E-state index is 0.737. The van der Waals surface area contributed by atoms with Gasteiger partial charge in [-0.2, -0.15) is 5.10 Å². The Balaban J connectivity index is 1.87. The molecular weight excluding hydrogens is 246 g/mol. The fraction of sp³-hybridized carbons (Fsp3) is 0.0833. The molecule has 0 amide bonds. The summed E-state index contributed by atoms with van der Waals surface area (Å²) in [5.41, 5.74) is 6.03. The van der Waals surface area contributed by atoms with Crippen LogP contribution in [0.25, 0.3) is 10.2 Å². The van der Waals surface area contributed by atoms with E-state index in [0.29, 0.717) is 0 Å². The van der Waals surface area contributed by atoms with E-state index in [-0.39, 0.29) is 0 Å². The van der Waals surface area contributed by atoms with Gasteiger partial charge >= 0.3 is 0 Å². The fourth-order valence-electron chi connectivity index (χ4n) is 1.64. The highest BCUT2D eigenvalue weighted by molar-refractivity contribution is 7.18. The van der Waals surface area contributed by atoms with Crippen LogP contribution in [0.4, 0.5) is 5.82 Å². The van der Waals surface area contributed by atoms with Gasteiger partial charge in [-0.15, -0.1) is 11.3 Å². The summed E-state index contributed by atoms with van der Waals surface area (Å²) in [6, 6.07) is 3.86. The molecule has 3 aromatic rings. The second kappa shape index (κ2) is 4.58. The monoisotopic (exact) mass is 257 g/mol. The first-order chi connectivity index (χ1) is 8.84. The van der Waals surface area contributed by atoms with Gasteiger partial charge in [-0.05, 0) is 30.0 Å². The SMILES string of the molecule is Cc1csc2c(NN=Cc3ccc[nH]3)ncnc12. The number of thiophene rings is 1. The van der Waals surface area contributed by atoms with Crippen LogP contribution in [-0.2, 0) is 0 Å². The van der Waals surface area contributed by atoms with Gasteiger partial charge in [0.05, 0.1) is 22.1 Å². The lowest BCUT2D eigenvalue weighted by molar-refractivity contribution is 1.18. The van der Waals surface area contributed by atoms with E-state index in [1.807, 2.05) is 25.3 Å². The molecule has 0 aromatic carbocycles. The number of H-pyrrole nitrogens is 1. The zero-order valence-electron chi connectivity index (χ0n) is 9.71. The van der Waals surface area contributed by atoms with Crippen LogP contribution in [0.1, 0.15) is 11.3 Å². The second-order valence-electron chi connectivity index (χ2n) is 3.81. The number of aryl methyl sites for hydroxylation is 1. The molecule has 0 aliphatic rings. The van der Waals surface area contributed by atoms with Crippen LogP contribution in [0.15, 0.2) is 35.1 Å². The molecule has 6 heteroatoms. The standard InChI is InChI=1S/C12H11N5S/c1-8-6-18-11-10(8)14-7-15-12(11)17-16-5-9-3-2-4-13-9/h2-7,13H,1H3,(H,14,15,17). The molecule has 0 saturated carbocycles. The molecule has 3 heterocycles. The van der Waals surface area contributed by atoms with Gasteiger partial charge < -0.3 is 4.98 Å². The Morgan fingerprint density at radius 2 is 2.39 bits per heavy atom. The predicted octanol–water partition coefficient (Wildman–Crippen LogP) is 2.77. The topological polar surface area (TPSA) is 66.0 Å². The molecule has 0 saturated heterocycles. The molecule has 0 fully saturated rings. The quantitative estimate of drug-likeness (QED) is 0.560. The summed E-state index contributed by atoms with van der Waals surface area (Å²) in [5, 5.41) is 6.22. The van der Waals surface area contributed by atoms with Crippen LogP contribution in [0.5, 0.6) is 0 Å². The summed E-state index contributed by atoms with van der Waals surface area (Å²) in [6.45, 7) is 2.04. The van der Waals surface area contributed by atoms with Gasteiger partial charge in [0, 0.05) is 6.20 Å². The molecule has 2 N–H and O–H groups in total. The van der Waals surface area contributed by atoms with Crippen LogP contribution in [-0.4, -0.2) is 21.2 Å². The number of nitrogens with one attached hydrogen (secondary N) is 2. The van der Waals surface area contributed by atoms with E-state index >= 15 is 0 Å². The van der Waals surface area contributed by atoms with Crippen molar-refractivity contribution < 1.29 is 0 Å². The van der Waals surface area contributed by atoms with E-state index in [9.17, 15) is 0 Å². The molecule has 0 unspecified atom stereocenters. The third-order valence-electron chi connectivity index (χ3n) is 2.53. The molecule has 0 spiro atoms. The lowest BCUT2D eigenvalue weighted by Crippen LogP contribution is -1.94. The molecule has 5 nitrogen and oxygen atoms in total. The van der Waals surface area contributed by atoms with Gasteiger partial charge in [0.15, 0.2) is 5.82 Å². The third-order valence-corrected chi connectivity index (χ3v) is 3.62. The van der Waals surface area contributed by atoms with E-state index < -0.39 is 0 Å². The van der Waals surface area contributed by atoms with E-state index in [1.165, 1.54) is 0 Å². The predicted molar refractivity (Wildman–Crippen MR) is 74.2 cm³/mol. The van der Waals surface area contributed by atoms with Crippen LogP contribution < -0.4 is 5.43 Å². The molecular formula is C12H11N5S. The molecule has 0 atom stereocenters. The van der Waals surface area contributed by atoms with Crippen molar-refractivity contribution in [2.45, 2.75) is 6.92 Å². The minimum Gasteiger partial charge on any atom is -0.360 e. The van der Waals surface area contributed by atoms with Gasteiger partial charge in [-0.1, -0.05) is 0 Å². The highest BCUT2D eigenvalue weighted by atomic mass is 32.1. The number of fused-ring (bicyclic) bond motifs is 1. The van der Waals surface area contributed by atoms with Gasteiger partial charge in [0.1, 0.15) is 6.33 Å². The van der Waals surface area contributed by atoms with Crippen molar-refractivity contribution in [1.82, 2.24) is 15.0 Å². The highest BCUT2D eigenvalue weighted by Gasteiger charge is 2.06. The van der Waals surface area contributed by atoms with Crippen LogP contribution in [0.3, 0.4) is 0 Å². The first-order valence-corrected chi connectivity index (χ1v) is 6.34. The summed E-state index contributed by atoms with van der Waals surface area (Å²) in [5.74, 6) is 0.737. The van der Waals surface area contributed by atoms with Crippen molar-refractivity contribution >= 4 is 33.6 Å². The lowest BCUT2D eigenvalue weighted by Gasteiger charge is -1.99. The Morgan fingerprint density at radius 3 is 3.22 bits per heavy atom. The Bertz CT molecular complexity index is 684. The summed E-state index contributed by atoms with van der Waals surface area (Å²) >= 11 is 1.62. The summed E-state index contributed by atoms with van der Waals surface area (Å²) in [4.78, 5) is 11.5. The average molecular weight is 257 g/mol. The number of hydrogen-bond acceptors (Lipinski definition) is 5. The van der Waals surface area contributed by atoms with Gasteiger partial charge in [0.25, 0.3) is 0 Å². The fourth-order valence-corrected chi connectivity index (χ4v) is 2.58. The van der Waals surface area contributed by atoms with Crippen molar-refractivity contribution in [3.05, 3.63) is 41.3 Å². The van der Waals surface area contributed by atoms with Crippen molar-refractivity contribution in [2.24, 2.45) is 5.10 Å². The van der Waals surface area contributed by atoms with Gasteiger partial charge in [-0.3, -0.25) is 5.43 Å². The molecule has 18 heavy (non-hydrogen) atoms. The second-order valence-corrected chi connectivity index (χ2v) is 4.69. The normalized spacial score (nSPS) is 11.4. The summed E-state index contributed by atoms with van der Waals surface area (Å²) < 4.78 is 1.03. The number of hydrogen-bond donors (Lipinski definition) is 2. The molecule has 0 aliphatic heterocycles. The van der Waals surface area contributed by atoms with Gasteiger partial charge in [0.2, 0.25) is 0 Å². The lowest BCUT2D eigenvalue weighted by atomic mass is 10.3. The van der Waals surface area contributed by atoms with E-state index in [4.69, 9.17) is 0 Å².